The minimum absolute atomic E-state index is 0.487. The fraction of sp³-hybridized carbons (Fsp3) is 0.750. The molecule has 134 valence electrons. The molecule has 24 heavy (non-hydrogen) atoms. The average molecular weight is 327 g/mol. The quantitative estimate of drug-likeness (QED) is 0.438. The van der Waals surface area contributed by atoms with Crippen molar-refractivity contribution in [2.45, 2.75) is 86.0 Å². The zero-order valence-corrected chi connectivity index (χ0v) is 16.8. The van der Waals surface area contributed by atoms with Crippen LogP contribution < -0.4 is 0 Å². The maximum atomic E-state index is 4.24. The first kappa shape index (κ1) is 18.0. The first-order valence-electron chi connectivity index (χ1n) is 10.6. The largest absolute Gasteiger partial charge is 0.0958 e. The summed E-state index contributed by atoms with van der Waals surface area (Å²) < 4.78 is 0. The molecule has 0 nitrogen and oxygen atoms in total. The molecule has 0 spiro atoms. The molecule has 0 bridgehead atoms. The second-order valence-electron chi connectivity index (χ2n) is 8.94. The molecule has 5 atom stereocenters. The van der Waals surface area contributed by atoms with E-state index in [2.05, 4.69) is 39.5 Å². The van der Waals surface area contributed by atoms with Gasteiger partial charge in [-0.1, -0.05) is 70.1 Å². The van der Waals surface area contributed by atoms with E-state index < -0.39 is 0 Å². The summed E-state index contributed by atoms with van der Waals surface area (Å²) in [4.78, 5) is 0. The summed E-state index contributed by atoms with van der Waals surface area (Å²) in [5.74, 6) is 2.83. The van der Waals surface area contributed by atoms with E-state index >= 15 is 0 Å². The van der Waals surface area contributed by atoms with Crippen LogP contribution in [0.5, 0.6) is 0 Å². The predicted molar refractivity (Wildman–Crippen MR) is 106 cm³/mol. The van der Waals surface area contributed by atoms with Crippen molar-refractivity contribution in [1.82, 2.24) is 0 Å². The van der Waals surface area contributed by atoms with Crippen molar-refractivity contribution < 1.29 is 0 Å². The van der Waals surface area contributed by atoms with Gasteiger partial charge in [-0.05, 0) is 80.0 Å². The average Bonchev–Trinajstić information content (AvgIpc) is 2.93. The zero-order chi connectivity index (χ0) is 17.5. The third kappa shape index (κ3) is 2.47. The molecule has 0 aromatic heterocycles. The van der Waals surface area contributed by atoms with Crippen molar-refractivity contribution in [2.75, 3.05) is 0 Å². The maximum absolute atomic E-state index is 4.24. The van der Waals surface area contributed by atoms with E-state index in [0.717, 1.165) is 17.8 Å². The van der Waals surface area contributed by atoms with Gasteiger partial charge < -0.3 is 0 Å². The summed E-state index contributed by atoms with van der Waals surface area (Å²) in [5.41, 5.74) is 5.92. The molecule has 0 heterocycles. The summed E-state index contributed by atoms with van der Waals surface area (Å²) in [6.45, 7) is 15.8. The van der Waals surface area contributed by atoms with Crippen molar-refractivity contribution in [3.05, 3.63) is 35.5 Å². The molecule has 0 saturated heterocycles. The van der Waals surface area contributed by atoms with E-state index in [-0.39, 0.29) is 0 Å². The van der Waals surface area contributed by atoms with Crippen LogP contribution in [0.25, 0.3) is 0 Å². The van der Waals surface area contributed by atoms with E-state index in [1.165, 1.54) is 56.9 Å². The van der Waals surface area contributed by atoms with Crippen LogP contribution in [-0.2, 0) is 0 Å². The van der Waals surface area contributed by atoms with E-state index in [1.54, 1.807) is 11.1 Å². The van der Waals surface area contributed by atoms with Gasteiger partial charge in [-0.25, -0.2) is 0 Å². The van der Waals surface area contributed by atoms with Crippen molar-refractivity contribution in [3.8, 4) is 0 Å². The minimum Gasteiger partial charge on any atom is -0.0958 e. The van der Waals surface area contributed by atoms with Crippen LogP contribution in [-0.4, -0.2) is 0 Å². The molecular weight excluding hydrogens is 288 g/mol. The fourth-order valence-corrected chi connectivity index (χ4v) is 6.85. The highest BCUT2D eigenvalue weighted by Crippen LogP contribution is 2.65. The fourth-order valence-electron chi connectivity index (χ4n) is 6.85. The Morgan fingerprint density at radius 1 is 1.04 bits per heavy atom. The molecule has 0 aliphatic heterocycles. The summed E-state index contributed by atoms with van der Waals surface area (Å²) >= 11 is 0. The van der Waals surface area contributed by atoms with Gasteiger partial charge in [-0.15, -0.1) is 0 Å². The lowest BCUT2D eigenvalue weighted by Crippen LogP contribution is -2.49. The Labute approximate surface area is 150 Å². The molecule has 0 heteroatoms. The van der Waals surface area contributed by atoms with Crippen molar-refractivity contribution >= 4 is 0 Å². The lowest BCUT2D eigenvalue weighted by atomic mass is 9.46. The Hall–Kier alpha value is -0.780. The number of allylic oxidation sites excluding steroid dienone is 5. The van der Waals surface area contributed by atoms with Gasteiger partial charge in [0.15, 0.2) is 0 Å². The van der Waals surface area contributed by atoms with Crippen LogP contribution in [0, 0.1) is 28.6 Å². The maximum Gasteiger partial charge on any atom is -0.00790 e. The Bertz CT molecular complexity index is 563. The molecule has 0 aromatic rings. The third-order valence-corrected chi connectivity index (χ3v) is 8.20. The Morgan fingerprint density at radius 2 is 1.79 bits per heavy atom. The predicted octanol–water partition coefficient (Wildman–Crippen LogP) is 7.48. The molecule has 2 saturated carbocycles. The molecule has 2 fully saturated rings. The molecule has 4 aliphatic rings. The molecule has 5 unspecified atom stereocenters. The molecule has 4 rings (SSSR count). The van der Waals surface area contributed by atoms with Crippen LogP contribution in [0.1, 0.15) is 86.0 Å². The van der Waals surface area contributed by atoms with Gasteiger partial charge in [-0.3, -0.25) is 0 Å². The first-order valence-corrected chi connectivity index (χ1v) is 10.6. The molecule has 0 amide bonds. The highest BCUT2D eigenvalue weighted by molar-refractivity contribution is 5.34. The normalized spacial score (nSPS) is 43.5. The van der Waals surface area contributed by atoms with Gasteiger partial charge in [0.25, 0.3) is 0 Å². The lowest BCUT2D eigenvalue weighted by Gasteiger charge is -2.58. The second kappa shape index (κ2) is 6.50. The second-order valence-corrected chi connectivity index (χ2v) is 8.94. The van der Waals surface area contributed by atoms with Gasteiger partial charge in [-0.2, -0.15) is 0 Å². The molecule has 4 aliphatic carbocycles. The summed E-state index contributed by atoms with van der Waals surface area (Å²) in [6.07, 6.45) is 16.0. The van der Waals surface area contributed by atoms with Crippen LogP contribution in [0.15, 0.2) is 35.5 Å². The third-order valence-electron chi connectivity index (χ3n) is 8.20. The van der Waals surface area contributed by atoms with Crippen molar-refractivity contribution in [3.63, 3.8) is 0 Å². The standard InChI is InChI=1S/C22H32.C2H6/c1-5-16-7-9-19-18-8-6-17-14-15(2)10-12-22(17,4)20(18)11-13-21(16,19)3;1-2/h7,14,18-20H,2,5-6,8-13H2,1,3-4H3;1-2H3. The smallest absolute Gasteiger partial charge is 0.00790 e. The van der Waals surface area contributed by atoms with Crippen LogP contribution in [0.4, 0.5) is 0 Å². The summed E-state index contributed by atoms with van der Waals surface area (Å²) in [5, 5.41) is 0. The van der Waals surface area contributed by atoms with Crippen molar-refractivity contribution in [2.24, 2.45) is 28.6 Å². The Morgan fingerprint density at radius 3 is 2.50 bits per heavy atom. The van der Waals surface area contributed by atoms with E-state index in [0.29, 0.717) is 10.8 Å². The van der Waals surface area contributed by atoms with E-state index in [1.807, 2.05) is 13.8 Å². The lowest BCUT2D eigenvalue weighted by molar-refractivity contribution is -0.0275. The van der Waals surface area contributed by atoms with Gasteiger partial charge >= 0.3 is 0 Å². The number of fused-ring (bicyclic) bond motifs is 5. The van der Waals surface area contributed by atoms with Gasteiger partial charge in [0.1, 0.15) is 0 Å². The van der Waals surface area contributed by atoms with E-state index in [9.17, 15) is 0 Å². The minimum atomic E-state index is 0.487. The summed E-state index contributed by atoms with van der Waals surface area (Å²) in [7, 11) is 0. The molecular formula is C24H38. The zero-order valence-electron chi connectivity index (χ0n) is 16.8. The van der Waals surface area contributed by atoms with Crippen LogP contribution in [0.2, 0.25) is 0 Å². The number of rotatable bonds is 1. The van der Waals surface area contributed by atoms with Gasteiger partial charge in [0.2, 0.25) is 0 Å². The topological polar surface area (TPSA) is 0 Å². The highest BCUT2D eigenvalue weighted by Gasteiger charge is 2.56. The SMILES string of the molecule is C=C1C=C2CCC3C4CC=C(CC)C4(C)CCC3C2(C)CC1.CC. The Kier molecular flexibility index (Phi) is 4.89. The van der Waals surface area contributed by atoms with Crippen molar-refractivity contribution in [1.29, 1.82) is 0 Å². The van der Waals surface area contributed by atoms with Gasteiger partial charge in [0, 0.05) is 0 Å². The molecule has 0 aromatic carbocycles. The van der Waals surface area contributed by atoms with Gasteiger partial charge in [0.05, 0.1) is 0 Å². The number of hydrogen-bond donors (Lipinski definition) is 0. The first-order chi connectivity index (χ1) is 11.5. The number of hydrogen-bond acceptors (Lipinski definition) is 0. The monoisotopic (exact) mass is 326 g/mol. The van der Waals surface area contributed by atoms with Crippen LogP contribution >= 0.6 is 0 Å². The summed E-state index contributed by atoms with van der Waals surface area (Å²) in [6, 6.07) is 0. The van der Waals surface area contributed by atoms with Crippen LogP contribution in [0.3, 0.4) is 0 Å². The highest BCUT2D eigenvalue weighted by atomic mass is 14.6. The Balaban J connectivity index is 0.000000815. The van der Waals surface area contributed by atoms with E-state index in [4.69, 9.17) is 0 Å². The molecule has 0 N–H and O–H groups in total. The molecule has 0 radical (unpaired) electrons.